The van der Waals surface area contributed by atoms with Gasteiger partial charge in [0.2, 0.25) is 0 Å². The Bertz CT molecular complexity index is 680. The molecule has 0 unspecified atom stereocenters. The SMILES string of the molecule is CC(C)[C@H](O)/C=C/[C@@H](C)[C@H]1CC[C@H]2[C@@H](OC(=O)c3ccccc3)CCC[C@]12C. The third-order valence-electron chi connectivity index (χ3n) is 7.33. The standard InChI is InChI=1S/C25H36O3/c1-17(2)22(26)15-12-18(3)20-13-14-21-23(11-8-16-25(20,21)4)28-24(27)19-9-6-5-7-10-19/h5-7,9-10,12,15,17-18,20-23,26H,8,11,13-14,16H2,1-4H3/b15-12+/t18-,20-,21+,22-,23+,25-/m1/s1. The second kappa shape index (κ2) is 8.82. The molecule has 1 N–H and O–H groups in total. The summed E-state index contributed by atoms with van der Waals surface area (Å²) in [7, 11) is 0. The zero-order valence-corrected chi connectivity index (χ0v) is 17.8. The van der Waals surface area contributed by atoms with Gasteiger partial charge in [0.1, 0.15) is 6.10 Å². The molecule has 3 rings (SSSR count). The summed E-state index contributed by atoms with van der Waals surface area (Å²) in [6.45, 7) is 8.77. The Hall–Kier alpha value is -1.61. The lowest BCUT2D eigenvalue weighted by atomic mass is 9.62. The van der Waals surface area contributed by atoms with Crippen molar-refractivity contribution in [1.29, 1.82) is 0 Å². The average Bonchev–Trinajstić information content (AvgIpc) is 3.04. The van der Waals surface area contributed by atoms with Crippen LogP contribution in [0.15, 0.2) is 42.5 Å². The molecule has 2 saturated carbocycles. The maximum Gasteiger partial charge on any atom is 0.338 e. The molecule has 2 aliphatic rings. The molecule has 0 spiro atoms. The summed E-state index contributed by atoms with van der Waals surface area (Å²) in [6, 6.07) is 9.34. The summed E-state index contributed by atoms with van der Waals surface area (Å²) >= 11 is 0. The van der Waals surface area contributed by atoms with E-state index < -0.39 is 0 Å². The van der Waals surface area contributed by atoms with Gasteiger partial charge in [-0.3, -0.25) is 0 Å². The largest absolute Gasteiger partial charge is 0.458 e. The first-order chi connectivity index (χ1) is 13.3. The molecule has 154 valence electrons. The quantitative estimate of drug-likeness (QED) is 0.510. The van der Waals surface area contributed by atoms with Gasteiger partial charge in [-0.1, -0.05) is 58.0 Å². The number of fused-ring (bicyclic) bond motifs is 1. The fourth-order valence-corrected chi connectivity index (χ4v) is 5.59. The minimum absolute atomic E-state index is 0.0221. The molecule has 2 fully saturated rings. The van der Waals surface area contributed by atoms with Gasteiger partial charge in [-0.05, 0) is 67.4 Å². The van der Waals surface area contributed by atoms with E-state index in [1.165, 1.54) is 12.8 Å². The van der Waals surface area contributed by atoms with Crippen LogP contribution in [0.25, 0.3) is 0 Å². The molecular weight excluding hydrogens is 348 g/mol. The third-order valence-corrected chi connectivity index (χ3v) is 7.33. The van der Waals surface area contributed by atoms with Crippen LogP contribution < -0.4 is 0 Å². The lowest BCUT2D eigenvalue weighted by Crippen LogP contribution is -2.43. The van der Waals surface area contributed by atoms with Crippen molar-refractivity contribution in [3.05, 3.63) is 48.0 Å². The zero-order valence-electron chi connectivity index (χ0n) is 17.8. The van der Waals surface area contributed by atoms with E-state index >= 15 is 0 Å². The molecule has 0 radical (unpaired) electrons. The van der Waals surface area contributed by atoms with Crippen LogP contribution in [0.2, 0.25) is 0 Å². The fraction of sp³-hybridized carbons (Fsp3) is 0.640. The van der Waals surface area contributed by atoms with E-state index in [0.717, 1.165) is 19.3 Å². The van der Waals surface area contributed by atoms with Crippen LogP contribution in [-0.2, 0) is 4.74 Å². The maximum atomic E-state index is 12.6. The van der Waals surface area contributed by atoms with E-state index in [0.29, 0.717) is 23.3 Å². The monoisotopic (exact) mass is 384 g/mol. The highest BCUT2D eigenvalue weighted by molar-refractivity contribution is 5.89. The molecular formula is C25H36O3. The van der Waals surface area contributed by atoms with Crippen LogP contribution >= 0.6 is 0 Å². The Kier molecular flexibility index (Phi) is 6.65. The molecule has 3 heteroatoms. The van der Waals surface area contributed by atoms with Gasteiger partial charge in [0, 0.05) is 5.92 Å². The smallest absolute Gasteiger partial charge is 0.338 e. The molecule has 1 aromatic carbocycles. The number of aliphatic hydroxyl groups is 1. The third kappa shape index (κ3) is 4.35. The number of hydrogen-bond acceptors (Lipinski definition) is 3. The molecule has 2 aliphatic carbocycles. The second-order valence-electron chi connectivity index (χ2n) is 9.48. The van der Waals surface area contributed by atoms with Crippen LogP contribution in [0.3, 0.4) is 0 Å². The summed E-state index contributed by atoms with van der Waals surface area (Å²) < 4.78 is 6.02. The van der Waals surface area contributed by atoms with Crippen molar-refractivity contribution in [2.24, 2.45) is 29.1 Å². The Labute approximate surface area is 170 Å². The summed E-state index contributed by atoms with van der Waals surface area (Å²) in [5.41, 5.74) is 0.843. The number of benzene rings is 1. The second-order valence-corrected chi connectivity index (χ2v) is 9.48. The highest BCUT2D eigenvalue weighted by atomic mass is 16.5. The fourth-order valence-electron chi connectivity index (χ4n) is 5.59. The number of ether oxygens (including phenoxy) is 1. The first kappa shape index (κ1) is 21.1. The maximum absolute atomic E-state index is 12.6. The Balaban J connectivity index is 1.69. The van der Waals surface area contributed by atoms with Crippen molar-refractivity contribution in [2.75, 3.05) is 0 Å². The van der Waals surface area contributed by atoms with Gasteiger partial charge in [0.05, 0.1) is 11.7 Å². The van der Waals surface area contributed by atoms with Gasteiger partial charge in [0.25, 0.3) is 0 Å². The molecule has 0 heterocycles. The molecule has 0 saturated heterocycles. The highest BCUT2D eigenvalue weighted by Crippen LogP contribution is 2.58. The number of rotatable bonds is 6. The first-order valence-electron chi connectivity index (χ1n) is 11.0. The topological polar surface area (TPSA) is 46.5 Å². The summed E-state index contributed by atoms with van der Waals surface area (Å²) in [4.78, 5) is 12.6. The van der Waals surface area contributed by atoms with E-state index in [4.69, 9.17) is 4.74 Å². The minimum Gasteiger partial charge on any atom is -0.458 e. The van der Waals surface area contributed by atoms with Crippen molar-refractivity contribution in [2.45, 2.75) is 72.0 Å². The van der Waals surface area contributed by atoms with Crippen LogP contribution in [0.5, 0.6) is 0 Å². The van der Waals surface area contributed by atoms with Gasteiger partial charge in [-0.2, -0.15) is 0 Å². The van der Waals surface area contributed by atoms with E-state index in [1.54, 1.807) is 0 Å². The zero-order chi connectivity index (χ0) is 20.3. The number of hydrogen-bond donors (Lipinski definition) is 1. The normalized spacial score (nSPS) is 32.3. The predicted octanol–water partition coefficient (Wildman–Crippen LogP) is 5.64. The number of carbonyl (C=O) groups excluding carboxylic acids is 1. The number of esters is 1. The van der Waals surface area contributed by atoms with Gasteiger partial charge < -0.3 is 9.84 Å². The van der Waals surface area contributed by atoms with Crippen LogP contribution in [0.4, 0.5) is 0 Å². The van der Waals surface area contributed by atoms with Gasteiger partial charge in [-0.25, -0.2) is 4.79 Å². The van der Waals surface area contributed by atoms with Crippen LogP contribution in [0, 0.1) is 29.1 Å². The molecule has 0 bridgehead atoms. The molecule has 0 amide bonds. The predicted molar refractivity (Wildman–Crippen MR) is 113 cm³/mol. The molecule has 28 heavy (non-hydrogen) atoms. The van der Waals surface area contributed by atoms with Gasteiger partial charge in [-0.15, -0.1) is 0 Å². The van der Waals surface area contributed by atoms with E-state index in [-0.39, 0.29) is 29.5 Å². The van der Waals surface area contributed by atoms with E-state index in [2.05, 4.69) is 19.9 Å². The van der Waals surface area contributed by atoms with Gasteiger partial charge in [0.15, 0.2) is 0 Å². The molecule has 1 aromatic rings. The number of aliphatic hydroxyl groups excluding tert-OH is 1. The Morgan fingerprint density at radius 2 is 1.86 bits per heavy atom. The molecule has 6 atom stereocenters. The molecule has 3 nitrogen and oxygen atoms in total. The summed E-state index contributed by atoms with van der Waals surface area (Å²) in [6.07, 6.45) is 9.41. The Morgan fingerprint density at radius 3 is 2.54 bits per heavy atom. The van der Waals surface area contributed by atoms with Crippen molar-refractivity contribution in [3.63, 3.8) is 0 Å². The van der Waals surface area contributed by atoms with Crippen LogP contribution in [0.1, 0.15) is 70.2 Å². The number of carbonyl (C=O) groups is 1. The average molecular weight is 385 g/mol. The lowest BCUT2D eigenvalue weighted by molar-refractivity contribution is -0.0445. The molecule has 0 aromatic heterocycles. The van der Waals surface area contributed by atoms with Crippen LogP contribution in [-0.4, -0.2) is 23.3 Å². The van der Waals surface area contributed by atoms with Gasteiger partial charge >= 0.3 is 5.97 Å². The van der Waals surface area contributed by atoms with Crippen molar-refractivity contribution in [3.8, 4) is 0 Å². The summed E-state index contributed by atoms with van der Waals surface area (Å²) in [5.74, 6) is 1.49. The van der Waals surface area contributed by atoms with E-state index in [9.17, 15) is 9.90 Å². The van der Waals surface area contributed by atoms with Crippen molar-refractivity contribution >= 4 is 5.97 Å². The minimum atomic E-state index is -0.376. The van der Waals surface area contributed by atoms with Crippen molar-refractivity contribution in [1.82, 2.24) is 0 Å². The number of allylic oxidation sites excluding steroid dienone is 1. The molecule has 0 aliphatic heterocycles. The first-order valence-corrected chi connectivity index (χ1v) is 11.0. The summed E-state index contributed by atoms with van der Waals surface area (Å²) in [5, 5.41) is 10.1. The lowest BCUT2D eigenvalue weighted by Gasteiger charge is -2.45. The Morgan fingerprint density at radius 1 is 1.14 bits per heavy atom. The van der Waals surface area contributed by atoms with Crippen molar-refractivity contribution < 1.29 is 14.6 Å². The highest BCUT2D eigenvalue weighted by Gasteiger charge is 2.53. The van der Waals surface area contributed by atoms with E-state index in [1.807, 2.05) is 50.3 Å².